The van der Waals surface area contributed by atoms with Crippen LogP contribution in [0.2, 0.25) is 5.15 Å². The molecule has 0 aromatic carbocycles. The lowest BCUT2D eigenvalue weighted by atomic mass is 10.2. The third kappa shape index (κ3) is 4.18. The van der Waals surface area contributed by atoms with E-state index in [1.807, 2.05) is 0 Å². The van der Waals surface area contributed by atoms with Crippen molar-refractivity contribution >= 4 is 33.2 Å². The number of hydrogen-bond acceptors (Lipinski definition) is 7. The number of pyridine rings is 1. The second-order valence-corrected chi connectivity index (χ2v) is 8.54. The number of nitrogens with one attached hydrogen (secondary N) is 1. The number of aromatic nitrogens is 3. The van der Waals surface area contributed by atoms with Gasteiger partial charge in [-0.15, -0.1) is 0 Å². The van der Waals surface area contributed by atoms with Crippen LogP contribution in [0.3, 0.4) is 0 Å². The van der Waals surface area contributed by atoms with Gasteiger partial charge in [0.05, 0.1) is 29.4 Å². The van der Waals surface area contributed by atoms with Crippen LogP contribution in [0.25, 0.3) is 0 Å². The first-order chi connectivity index (χ1) is 12.2. The van der Waals surface area contributed by atoms with Crippen LogP contribution in [0.4, 0.5) is 20.5 Å². The molecule has 0 spiro atoms. The number of nitrogens with zero attached hydrogens (tertiary/aromatic N) is 4. The Bertz CT molecular complexity index is 897. The number of sulfone groups is 1. The summed E-state index contributed by atoms with van der Waals surface area (Å²) in [6.45, 7) is 2.01. The average Bonchev–Trinajstić information content (AvgIpc) is 2.59. The van der Waals surface area contributed by atoms with Gasteiger partial charge >= 0.3 is 0 Å². The Morgan fingerprint density at radius 3 is 2.54 bits per heavy atom. The minimum atomic E-state index is -3.11. The predicted octanol–water partition coefficient (Wildman–Crippen LogP) is 2.21. The first-order valence-corrected chi connectivity index (χ1v) is 10.0. The molecule has 0 aliphatic carbocycles. The zero-order valence-corrected chi connectivity index (χ0v) is 15.4. The molecule has 26 heavy (non-hydrogen) atoms. The van der Waals surface area contributed by atoms with Gasteiger partial charge in [0.2, 0.25) is 11.8 Å². The third-order valence-electron chi connectivity index (χ3n) is 3.98. The predicted molar refractivity (Wildman–Crippen MR) is 94.1 cm³/mol. The number of rotatable bonds is 4. The molecule has 11 heteroatoms. The van der Waals surface area contributed by atoms with E-state index in [0.29, 0.717) is 5.69 Å². The molecular weight excluding hydrogens is 388 g/mol. The molecule has 7 nitrogen and oxygen atoms in total. The number of anilines is 2. The zero-order chi connectivity index (χ0) is 18.9. The van der Waals surface area contributed by atoms with E-state index in [4.69, 9.17) is 11.6 Å². The van der Waals surface area contributed by atoms with Gasteiger partial charge in [-0.25, -0.2) is 12.8 Å². The van der Waals surface area contributed by atoms with Crippen LogP contribution in [0, 0.1) is 11.6 Å². The maximum atomic E-state index is 14.3. The van der Waals surface area contributed by atoms with Crippen LogP contribution in [-0.2, 0) is 9.84 Å². The SMILES string of the molecule is C[C@H](Nc1nc(Cl)c(F)c(N2CCS(=O)(=O)CC2)n1)c1ccc(F)cn1. The smallest absolute Gasteiger partial charge is 0.226 e. The Labute approximate surface area is 154 Å². The zero-order valence-electron chi connectivity index (χ0n) is 13.8. The van der Waals surface area contributed by atoms with Gasteiger partial charge in [-0.05, 0) is 19.1 Å². The van der Waals surface area contributed by atoms with Crippen LogP contribution in [-0.4, -0.2) is 48.0 Å². The largest absolute Gasteiger partial charge is 0.352 e. The van der Waals surface area contributed by atoms with Gasteiger partial charge in [0.25, 0.3) is 0 Å². The molecule has 2 aromatic heterocycles. The summed E-state index contributed by atoms with van der Waals surface area (Å²) in [6.07, 6.45) is 1.09. The Morgan fingerprint density at radius 2 is 1.92 bits per heavy atom. The van der Waals surface area contributed by atoms with Gasteiger partial charge in [-0.3, -0.25) is 4.98 Å². The molecule has 1 aliphatic rings. The summed E-state index contributed by atoms with van der Waals surface area (Å²) < 4.78 is 50.4. The highest BCUT2D eigenvalue weighted by atomic mass is 35.5. The molecular formula is C15H16ClF2N5O2S. The van der Waals surface area contributed by atoms with Crippen molar-refractivity contribution in [1.29, 1.82) is 0 Å². The Balaban J connectivity index is 1.82. The van der Waals surface area contributed by atoms with Gasteiger partial charge in [0.15, 0.2) is 20.8 Å². The van der Waals surface area contributed by atoms with E-state index in [2.05, 4.69) is 20.3 Å². The highest BCUT2D eigenvalue weighted by molar-refractivity contribution is 7.91. The van der Waals surface area contributed by atoms with E-state index in [9.17, 15) is 17.2 Å². The maximum absolute atomic E-state index is 14.3. The lowest BCUT2D eigenvalue weighted by Crippen LogP contribution is -2.41. The van der Waals surface area contributed by atoms with Crippen molar-refractivity contribution in [2.45, 2.75) is 13.0 Å². The molecule has 3 rings (SSSR count). The summed E-state index contributed by atoms with van der Waals surface area (Å²) in [5.41, 5.74) is 0.543. The fourth-order valence-corrected chi connectivity index (χ4v) is 3.88. The van der Waals surface area contributed by atoms with Gasteiger partial charge in [0.1, 0.15) is 5.82 Å². The highest BCUT2D eigenvalue weighted by Crippen LogP contribution is 2.26. The van der Waals surface area contributed by atoms with Gasteiger partial charge < -0.3 is 10.2 Å². The van der Waals surface area contributed by atoms with Gasteiger partial charge in [0, 0.05) is 13.1 Å². The second-order valence-electron chi connectivity index (χ2n) is 5.88. The van der Waals surface area contributed by atoms with Gasteiger partial charge in [-0.1, -0.05) is 11.6 Å². The lowest BCUT2D eigenvalue weighted by molar-refractivity contribution is 0.577. The molecule has 3 heterocycles. The molecule has 0 amide bonds. The molecule has 1 saturated heterocycles. The monoisotopic (exact) mass is 403 g/mol. The highest BCUT2D eigenvalue weighted by Gasteiger charge is 2.26. The van der Waals surface area contributed by atoms with E-state index in [-0.39, 0.29) is 47.6 Å². The Morgan fingerprint density at radius 1 is 1.23 bits per heavy atom. The van der Waals surface area contributed by atoms with Crippen molar-refractivity contribution in [3.63, 3.8) is 0 Å². The molecule has 0 saturated carbocycles. The molecule has 0 radical (unpaired) electrons. The molecule has 1 atom stereocenters. The summed E-state index contributed by atoms with van der Waals surface area (Å²) >= 11 is 5.87. The van der Waals surface area contributed by atoms with E-state index in [1.165, 1.54) is 17.0 Å². The molecule has 140 valence electrons. The summed E-state index contributed by atoms with van der Waals surface area (Å²) in [5.74, 6) is -1.40. The summed E-state index contributed by atoms with van der Waals surface area (Å²) in [7, 11) is -3.11. The molecule has 0 unspecified atom stereocenters. The average molecular weight is 404 g/mol. The first-order valence-electron chi connectivity index (χ1n) is 7.81. The van der Waals surface area contributed by atoms with Gasteiger partial charge in [-0.2, -0.15) is 14.4 Å². The normalized spacial score (nSPS) is 17.8. The van der Waals surface area contributed by atoms with Crippen LogP contribution < -0.4 is 10.2 Å². The maximum Gasteiger partial charge on any atom is 0.226 e. The molecule has 1 N–H and O–H groups in total. The quantitative estimate of drug-likeness (QED) is 0.783. The second kappa shape index (κ2) is 7.28. The fraction of sp³-hybridized carbons (Fsp3) is 0.400. The van der Waals surface area contributed by atoms with Crippen molar-refractivity contribution in [2.75, 3.05) is 34.8 Å². The van der Waals surface area contributed by atoms with Crippen molar-refractivity contribution in [3.05, 3.63) is 40.8 Å². The number of hydrogen-bond donors (Lipinski definition) is 1. The van der Waals surface area contributed by atoms with Crippen molar-refractivity contribution in [3.8, 4) is 0 Å². The third-order valence-corrected chi connectivity index (χ3v) is 5.84. The van der Waals surface area contributed by atoms with E-state index in [1.54, 1.807) is 6.92 Å². The topological polar surface area (TPSA) is 88.1 Å². The Hall–Kier alpha value is -2.07. The van der Waals surface area contributed by atoms with E-state index >= 15 is 0 Å². The van der Waals surface area contributed by atoms with Crippen molar-refractivity contribution < 1.29 is 17.2 Å². The fourth-order valence-electron chi connectivity index (χ4n) is 2.52. The van der Waals surface area contributed by atoms with E-state index in [0.717, 1.165) is 6.20 Å². The summed E-state index contributed by atoms with van der Waals surface area (Å²) in [4.78, 5) is 13.5. The minimum Gasteiger partial charge on any atom is -0.352 e. The van der Waals surface area contributed by atoms with Crippen LogP contribution in [0.15, 0.2) is 18.3 Å². The minimum absolute atomic E-state index is 0.0540. The van der Waals surface area contributed by atoms with Crippen LogP contribution >= 0.6 is 11.6 Å². The molecule has 1 aliphatic heterocycles. The summed E-state index contributed by atoms with van der Waals surface area (Å²) in [5, 5.41) is 2.57. The van der Waals surface area contributed by atoms with E-state index < -0.39 is 21.5 Å². The molecule has 2 aromatic rings. The summed E-state index contributed by atoms with van der Waals surface area (Å²) in [6, 6.07) is 2.40. The van der Waals surface area contributed by atoms with Crippen molar-refractivity contribution in [1.82, 2.24) is 15.0 Å². The lowest BCUT2D eigenvalue weighted by Gasteiger charge is -2.28. The van der Waals surface area contributed by atoms with Crippen LogP contribution in [0.5, 0.6) is 0 Å². The standard InChI is InChI=1S/C15H16ClF2N5O2S/c1-9(11-3-2-10(17)8-19-11)20-15-21-13(16)12(18)14(22-15)23-4-6-26(24,25)7-5-23/h2-3,8-9H,4-7H2,1H3,(H,20,21,22)/t9-/m0/s1. The number of halogens is 3. The molecule has 0 bridgehead atoms. The Kier molecular flexibility index (Phi) is 5.24. The van der Waals surface area contributed by atoms with Crippen LogP contribution in [0.1, 0.15) is 18.7 Å². The van der Waals surface area contributed by atoms with Crippen molar-refractivity contribution in [2.24, 2.45) is 0 Å². The molecule has 1 fully saturated rings. The first kappa shape index (κ1) is 18.7.